The van der Waals surface area contributed by atoms with Crippen LogP contribution in [0.1, 0.15) is 59.9 Å². The molecule has 0 bridgehead atoms. The zero-order chi connectivity index (χ0) is 19.3. The molecule has 5 rings (SSSR count). The molecule has 7 nitrogen and oxygen atoms in total. The highest BCUT2D eigenvalue weighted by molar-refractivity contribution is 5.36. The molecule has 0 N–H and O–H groups in total. The maximum absolute atomic E-state index is 13.5. The van der Waals surface area contributed by atoms with Gasteiger partial charge in [-0.05, 0) is 42.9 Å². The summed E-state index contributed by atoms with van der Waals surface area (Å²) in [4.78, 5) is 21.4. The molecule has 0 spiro atoms. The fourth-order valence-electron chi connectivity index (χ4n) is 4.26. The first-order chi connectivity index (χ1) is 13.7. The van der Waals surface area contributed by atoms with Crippen molar-refractivity contribution in [2.45, 2.75) is 43.7 Å². The minimum Gasteiger partial charge on any atom is -0.270 e. The Bertz CT molecular complexity index is 1140. The summed E-state index contributed by atoms with van der Waals surface area (Å²) >= 11 is 0. The molecule has 0 amide bonds. The van der Waals surface area contributed by atoms with Crippen molar-refractivity contribution in [3.63, 3.8) is 0 Å². The van der Waals surface area contributed by atoms with Crippen molar-refractivity contribution in [2.75, 3.05) is 0 Å². The van der Waals surface area contributed by atoms with Gasteiger partial charge in [-0.15, -0.1) is 0 Å². The van der Waals surface area contributed by atoms with E-state index in [0.717, 1.165) is 42.8 Å². The molecule has 1 fully saturated rings. The standard InChI is InChI=1S/C20H17FN6O/c21-16-2-1-12(7-14(16)10-22)13-8-15(9-13)27-20(28)26-18(3-4-19(26)25-27)17-11-23-5-6-24-17/h1-2,5-7,11,13,15,18H,3-4,8-9H2/t13?,15?,18-/m0/s1. The van der Waals surface area contributed by atoms with Gasteiger partial charge < -0.3 is 0 Å². The minimum atomic E-state index is -0.501. The summed E-state index contributed by atoms with van der Waals surface area (Å²) in [7, 11) is 0. The molecule has 3 heterocycles. The molecule has 1 saturated carbocycles. The van der Waals surface area contributed by atoms with Gasteiger partial charge in [-0.25, -0.2) is 13.9 Å². The molecule has 8 heteroatoms. The Morgan fingerprint density at radius 1 is 1.25 bits per heavy atom. The number of hydrogen-bond donors (Lipinski definition) is 0. The molecule has 3 aromatic rings. The summed E-state index contributed by atoms with van der Waals surface area (Å²) in [5.74, 6) is 0.494. The van der Waals surface area contributed by atoms with E-state index in [2.05, 4.69) is 15.1 Å². The van der Waals surface area contributed by atoms with Gasteiger partial charge in [0.2, 0.25) is 0 Å². The highest BCUT2D eigenvalue weighted by Crippen LogP contribution is 2.44. The number of aryl methyl sites for hydroxylation is 1. The van der Waals surface area contributed by atoms with Crippen LogP contribution >= 0.6 is 0 Å². The third-order valence-electron chi connectivity index (χ3n) is 5.82. The monoisotopic (exact) mass is 376 g/mol. The summed E-state index contributed by atoms with van der Waals surface area (Å²) in [5.41, 5.74) is 1.67. The first-order valence-corrected chi connectivity index (χ1v) is 9.31. The number of halogens is 1. The highest BCUT2D eigenvalue weighted by Gasteiger charge is 2.37. The second-order valence-corrected chi connectivity index (χ2v) is 7.37. The molecule has 0 unspecified atom stereocenters. The minimum absolute atomic E-state index is 0.0219. The molecular formula is C20H17FN6O. The van der Waals surface area contributed by atoms with Crippen molar-refractivity contribution in [3.05, 3.63) is 75.7 Å². The fraction of sp³-hybridized carbons (Fsp3) is 0.350. The SMILES string of the molecule is N#Cc1cc(C2CC(n3nc4n(c3=O)[C@H](c3cnccn3)CC4)C2)ccc1F. The van der Waals surface area contributed by atoms with E-state index in [9.17, 15) is 9.18 Å². The van der Waals surface area contributed by atoms with Crippen LogP contribution in [0, 0.1) is 17.1 Å². The van der Waals surface area contributed by atoms with Crippen LogP contribution < -0.4 is 5.69 Å². The van der Waals surface area contributed by atoms with E-state index in [-0.39, 0.29) is 29.3 Å². The van der Waals surface area contributed by atoms with Crippen LogP contribution in [0.2, 0.25) is 0 Å². The lowest BCUT2D eigenvalue weighted by Gasteiger charge is -2.35. The average molecular weight is 376 g/mol. The second-order valence-electron chi connectivity index (χ2n) is 7.37. The number of nitriles is 1. The van der Waals surface area contributed by atoms with Crippen molar-refractivity contribution in [1.29, 1.82) is 5.26 Å². The third kappa shape index (κ3) is 2.54. The quantitative estimate of drug-likeness (QED) is 0.701. The molecule has 2 aromatic heterocycles. The second kappa shape index (κ2) is 6.37. The first-order valence-electron chi connectivity index (χ1n) is 9.31. The molecule has 1 aromatic carbocycles. The van der Waals surface area contributed by atoms with Crippen molar-refractivity contribution < 1.29 is 4.39 Å². The number of hydrogen-bond acceptors (Lipinski definition) is 5. The Morgan fingerprint density at radius 2 is 2.11 bits per heavy atom. The maximum Gasteiger partial charge on any atom is 0.346 e. The van der Waals surface area contributed by atoms with Crippen LogP contribution in [0.5, 0.6) is 0 Å². The van der Waals surface area contributed by atoms with Crippen LogP contribution in [-0.4, -0.2) is 24.3 Å². The van der Waals surface area contributed by atoms with Gasteiger partial charge in [0.05, 0.1) is 29.5 Å². The topological polar surface area (TPSA) is 89.4 Å². The molecule has 140 valence electrons. The number of fused-ring (bicyclic) bond motifs is 1. The molecule has 0 radical (unpaired) electrons. The lowest BCUT2D eigenvalue weighted by molar-refractivity contribution is 0.236. The summed E-state index contributed by atoms with van der Waals surface area (Å²) in [6, 6.07) is 6.45. The van der Waals surface area contributed by atoms with E-state index < -0.39 is 5.82 Å². The highest BCUT2D eigenvalue weighted by atomic mass is 19.1. The Kier molecular flexibility index (Phi) is 3.83. The number of nitrogens with zero attached hydrogens (tertiary/aromatic N) is 6. The molecule has 1 aliphatic heterocycles. The van der Waals surface area contributed by atoms with Gasteiger partial charge in [0.15, 0.2) is 0 Å². The average Bonchev–Trinajstić information content (AvgIpc) is 3.23. The number of rotatable bonds is 3. The van der Waals surface area contributed by atoms with Crippen LogP contribution in [0.25, 0.3) is 0 Å². The normalized spacial score (nSPS) is 23.1. The molecule has 1 atom stereocenters. The van der Waals surface area contributed by atoms with E-state index in [4.69, 9.17) is 5.26 Å². The van der Waals surface area contributed by atoms with Gasteiger partial charge in [-0.2, -0.15) is 10.4 Å². The lowest BCUT2D eigenvalue weighted by atomic mass is 9.75. The van der Waals surface area contributed by atoms with E-state index >= 15 is 0 Å². The van der Waals surface area contributed by atoms with E-state index in [1.54, 1.807) is 40.0 Å². The number of aromatic nitrogens is 5. The molecule has 28 heavy (non-hydrogen) atoms. The van der Waals surface area contributed by atoms with E-state index in [1.807, 2.05) is 6.07 Å². The Labute approximate surface area is 160 Å². The van der Waals surface area contributed by atoms with Crippen LogP contribution in [0.3, 0.4) is 0 Å². The fourth-order valence-corrected chi connectivity index (χ4v) is 4.26. The number of benzene rings is 1. The molecular weight excluding hydrogens is 359 g/mol. The molecule has 0 saturated heterocycles. The smallest absolute Gasteiger partial charge is 0.270 e. The van der Waals surface area contributed by atoms with Gasteiger partial charge in [-0.1, -0.05) is 6.07 Å². The van der Waals surface area contributed by atoms with Crippen LogP contribution in [-0.2, 0) is 6.42 Å². The zero-order valence-electron chi connectivity index (χ0n) is 15.0. The summed E-state index contributed by atoms with van der Waals surface area (Å²) in [6.07, 6.45) is 8.00. The van der Waals surface area contributed by atoms with Crippen LogP contribution in [0.4, 0.5) is 4.39 Å². The van der Waals surface area contributed by atoms with Gasteiger partial charge in [0.1, 0.15) is 17.7 Å². The van der Waals surface area contributed by atoms with Gasteiger partial charge in [0, 0.05) is 18.8 Å². The maximum atomic E-state index is 13.5. The summed E-state index contributed by atoms with van der Waals surface area (Å²) in [5, 5.41) is 13.6. The lowest BCUT2D eigenvalue weighted by Crippen LogP contribution is -2.35. The van der Waals surface area contributed by atoms with E-state index in [0.29, 0.717) is 0 Å². The van der Waals surface area contributed by atoms with Crippen molar-refractivity contribution >= 4 is 0 Å². The van der Waals surface area contributed by atoms with Crippen molar-refractivity contribution in [2.24, 2.45) is 0 Å². The Morgan fingerprint density at radius 3 is 2.86 bits per heavy atom. The van der Waals surface area contributed by atoms with Crippen LogP contribution in [0.15, 0.2) is 41.6 Å². The Hall–Kier alpha value is -3.34. The predicted octanol–water partition coefficient (Wildman–Crippen LogP) is 2.50. The molecule has 1 aliphatic carbocycles. The predicted molar refractivity (Wildman–Crippen MR) is 97.1 cm³/mol. The first kappa shape index (κ1) is 16.8. The van der Waals surface area contributed by atoms with Gasteiger partial charge >= 0.3 is 5.69 Å². The summed E-state index contributed by atoms with van der Waals surface area (Å²) in [6.45, 7) is 0. The van der Waals surface area contributed by atoms with Crippen molar-refractivity contribution in [3.8, 4) is 6.07 Å². The van der Waals surface area contributed by atoms with Crippen molar-refractivity contribution in [1.82, 2.24) is 24.3 Å². The van der Waals surface area contributed by atoms with Gasteiger partial charge in [0.25, 0.3) is 0 Å². The zero-order valence-corrected chi connectivity index (χ0v) is 15.0. The molecule has 2 aliphatic rings. The third-order valence-corrected chi connectivity index (χ3v) is 5.82. The Balaban J connectivity index is 1.38. The van der Waals surface area contributed by atoms with Gasteiger partial charge in [-0.3, -0.25) is 14.5 Å². The largest absolute Gasteiger partial charge is 0.346 e. The van der Waals surface area contributed by atoms with E-state index in [1.165, 1.54) is 6.07 Å². The summed E-state index contributed by atoms with van der Waals surface area (Å²) < 4.78 is 16.9.